The lowest BCUT2D eigenvalue weighted by molar-refractivity contribution is -0.143. The Morgan fingerprint density at radius 2 is 1.79 bits per heavy atom. The number of nitrogens with one attached hydrogen (secondary N) is 1. The third-order valence-corrected chi connectivity index (χ3v) is 6.34. The van der Waals surface area contributed by atoms with E-state index in [0.717, 1.165) is 6.08 Å². The first-order valence-corrected chi connectivity index (χ1v) is 10.9. The number of fused-ring (bicyclic) bond motifs is 3. The molecule has 0 amide bonds. The Bertz CT molecular complexity index is 1190. The van der Waals surface area contributed by atoms with Crippen molar-refractivity contribution in [2.45, 2.75) is 59.4 Å². The molecular formula is C25H29NO8. The van der Waals surface area contributed by atoms with Gasteiger partial charge in [-0.2, -0.15) is 0 Å². The first kappa shape index (κ1) is 25.0. The Balaban J connectivity index is 2.20. The maximum atomic E-state index is 13.8. The minimum absolute atomic E-state index is 0.00810. The van der Waals surface area contributed by atoms with Crippen molar-refractivity contribution in [3.63, 3.8) is 0 Å². The molecule has 0 bridgehead atoms. The number of benzene rings is 1. The van der Waals surface area contributed by atoms with Gasteiger partial charge in [0.15, 0.2) is 17.3 Å². The normalized spacial score (nSPS) is 21.4. The number of Topliss-reactive ketones (excluding diaryl/α,β-unsaturated/α-hetero) is 2. The highest BCUT2D eigenvalue weighted by Gasteiger charge is 2.56. The van der Waals surface area contributed by atoms with Crippen LogP contribution in [0.5, 0.6) is 17.2 Å². The number of carbonyl (C=O) groups excluding carboxylic acids is 4. The van der Waals surface area contributed by atoms with Gasteiger partial charge in [0.1, 0.15) is 40.0 Å². The summed E-state index contributed by atoms with van der Waals surface area (Å²) in [6.07, 6.45) is 1.54. The number of carbonyl (C=O) groups is 4. The van der Waals surface area contributed by atoms with Crippen LogP contribution in [0.2, 0.25) is 0 Å². The van der Waals surface area contributed by atoms with Gasteiger partial charge in [-0.25, -0.2) is 4.79 Å². The second kappa shape index (κ2) is 8.62. The van der Waals surface area contributed by atoms with Gasteiger partial charge >= 0.3 is 5.97 Å². The van der Waals surface area contributed by atoms with E-state index in [0.29, 0.717) is 6.42 Å². The molecule has 1 aromatic rings. The van der Waals surface area contributed by atoms with Crippen LogP contribution in [0.25, 0.3) is 0 Å². The summed E-state index contributed by atoms with van der Waals surface area (Å²) in [7, 11) is 1.26. The monoisotopic (exact) mass is 471 g/mol. The molecule has 34 heavy (non-hydrogen) atoms. The maximum Gasteiger partial charge on any atom is 0.328 e. The van der Waals surface area contributed by atoms with Crippen LogP contribution in [-0.4, -0.2) is 46.7 Å². The minimum atomic E-state index is -1.62. The molecule has 3 rings (SSSR count). The summed E-state index contributed by atoms with van der Waals surface area (Å²) < 4.78 is 10.6. The van der Waals surface area contributed by atoms with Crippen LogP contribution < -0.4 is 10.1 Å². The average molecular weight is 472 g/mol. The molecule has 0 radical (unpaired) electrons. The number of rotatable bonds is 6. The number of aromatic hydroxyl groups is 2. The Labute approximate surface area is 197 Å². The molecule has 0 unspecified atom stereocenters. The smallest absolute Gasteiger partial charge is 0.328 e. The van der Waals surface area contributed by atoms with Gasteiger partial charge in [0.05, 0.1) is 18.2 Å². The van der Waals surface area contributed by atoms with Crippen molar-refractivity contribution in [2.24, 2.45) is 5.92 Å². The summed E-state index contributed by atoms with van der Waals surface area (Å²) in [5, 5.41) is 24.3. The lowest BCUT2D eigenvalue weighted by Crippen LogP contribution is -2.43. The van der Waals surface area contributed by atoms with Crippen LogP contribution in [-0.2, 0) is 24.5 Å². The van der Waals surface area contributed by atoms with Crippen LogP contribution in [0.15, 0.2) is 23.1 Å². The van der Waals surface area contributed by atoms with Crippen LogP contribution >= 0.6 is 0 Å². The van der Waals surface area contributed by atoms with Gasteiger partial charge in [-0.15, -0.1) is 0 Å². The summed E-state index contributed by atoms with van der Waals surface area (Å²) in [5.41, 5.74) is -1.79. The number of allylic oxidation sites excluding steroid dienone is 4. The third-order valence-electron chi connectivity index (χ3n) is 6.34. The topological polar surface area (TPSA) is 139 Å². The minimum Gasteiger partial charge on any atom is -0.507 e. The standard InChI is InChI=1S/C25H29NO8/c1-10(2)8-14(24(32)33-7)26-12(4)17-15(28)9-16-25(6,23(17)31)19-21(30)11(3)20(29)18(13(5)27)22(19)34-16/h9-10,14,26,29-30H,8H2,1-7H3/t14-,25-/m0/s1. The zero-order chi connectivity index (χ0) is 25.7. The average Bonchev–Trinajstić information content (AvgIpc) is 3.03. The number of methoxy groups -OCH3 is 1. The lowest BCUT2D eigenvalue weighted by Gasteiger charge is -2.30. The highest BCUT2D eigenvalue weighted by molar-refractivity contribution is 6.31. The van der Waals surface area contributed by atoms with E-state index in [9.17, 15) is 29.4 Å². The number of hydrogen-bond donors (Lipinski definition) is 3. The first-order valence-electron chi connectivity index (χ1n) is 10.9. The van der Waals surface area contributed by atoms with Gasteiger partial charge in [-0.1, -0.05) is 13.8 Å². The number of esters is 1. The Hall–Kier alpha value is -3.62. The van der Waals surface area contributed by atoms with E-state index in [1.807, 2.05) is 13.8 Å². The zero-order valence-electron chi connectivity index (χ0n) is 20.3. The van der Waals surface area contributed by atoms with Gasteiger partial charge in [0, 0.05) is 17.3 Å². The molecule has 3 N–H and O–H groups in total. The molecule has 1 aromatic carbocycles. The molecule has 9 heteroatoms. The largest absolute Gasteiger partial charge is 0.507 e. The van der Waals surface area contributed by atoms with Crippen molar-refractivity contribution in [1.29, 1.82) is 0 Å². The molecule has 0 saturated heterocycles. The predicted molar refractivity (Wildman–Crippen MR) is 122 cm³/mol. The van der Waals surface area contributed by atoms with Crippen LogP contribution in [0.1, 0.15) is 62.5 Å². The quantitative estimate of drug-likeness (QED) is 0.247. The zero-order valence-corrected chi connectivity index (χ0v) is 20.3. The summed E-state index contributed by atoms with van der Waals surface area (Å²) >= 11 is 0. The van der Waals surface area contributed by atoms with Crippen LogP contribution in [0.3, 0.4) is 0 Å². The van der Waals surface area contributed by atoms with Gasteiger partial charge in [-0.05, 0) is 40.0 Å². The Kier molecular flexibility index (Phi) is 6.34. The summed E-state index contributed by atoms with van der Waals surface area (Å²) in [6, 6.07) is -0.777. The van der Waals surface area contributed by atoms with E-state index in [4.69, 9.17) is 9.47 Å². The highest BCUT2D eigenvalue weighted by Crippen LogP contribution is 2.57. The second-order valence-electron chi connectivity index (χ2n) is 9.24. The van der Waals surface area contributed by atoms with Crippen molar-refractivity contribution < 1.29 is 38.9 Å². The SMILES string of the molecule is COC(=O)[C@H](CC(C)C)NC(C)=C1C(=O)C=C2Oc3c(C(C)=O)c(O)c(C)c(O)c3[C@@]2(C)C1=O. The van der Waals surface area contributed by atoms with E-state index >= 15 is 0 Å². The molecule has 9 nitrogen and oxygen atoms in total. The van der Waals surface area contributed by atoms with Crippen molar-refractivity contribution in [1.82, 2.24) is 5.32 Å². The molecule has 1 aliphatic heterocycles. The third kappa shape index (κ3) is 3.65. The molecule has 1 aliphatic carbocycles. The Morgan fingerprint density at radius 1 is 1.18 bits per heavy atom. The van der Waals surface area contributed by atoms with Gasteiger partial charge in [-0.3, -0.25) is 14.4 Å². The van der Waals surface area contributed by atoms with Crippen molar-refractivity contribution in [3.8, 4) is 17.2 Å². The fraction of sp³-hybridized carbons (Fsp3) is 0.440. The molecule has 0 fully saturated rings. The van der Waals surface area contributed by atoms with E-state index in [2.05, 4.69) is 5.32 Å². The van der Waals surface area contributed by atoms with E-state index in [1.54, 1.807) is 0 Å². The Morgan fingerprint density at radius 3 is 2.32 bits per heavy atom. The number of hydrogen-bond acceptors (Lipinski definition) is 9. The van der Waals surface area contributed by atoms with Crippen molar-refractivity contribution in [2.75, 3.05) is 7.11 Å². The number of phenolic OH excluding ortho intramolecular Hbond substituents is 2. The van der Waals surface area contributed by atoms with Gasteiger partial charge < -0.3 is 25.0 Å². The summed E-state index contributed by atoms with van der Waals surface area (Å²) in [4.78, 5) is 51.3. The number of phenols is 2. The summed E-state index contributed by atoms with van der Waals surface area (Å²) in [5.74, 6) is -3.29. The second-order valence-corrected chi connectivity index (χ2v) is 9.24. The predicted octanol–water partition coefficient (Wildman–Crippen LogP) is 2.75. The molecule has 2 atom stereocenters. The molecular weight excluding hydrogens is 442 g/mol. The molecule has 2 aliphatic rings. The highest BCUT2D eigenvalue weighted by atomic mass is 16.5. The number of ether oxygens (including phenoxy) is 2. The van der Waals surface area contributed by atoms with Crippen LogP contribution in [0, 0.1) is 12.8 Å². The summed E-state index contributed by atoms with van der Waals surface area (Å²) in [6.45, 7) is 9.49. The molecule has 0 aromatic heterocycles. The molecule has 0 saturated carbocycles. The molecule has 0 spiro atoms. The fourth-order valence-electron chi connectivity index (χ4n) is 4.52. The van der Waals surface area contributed by atoms with Gasteiger partial charge in [0.25, 0.3) is 0 Å². The first-order chi connectivity index (χ1) is 15.8. The van der Waals surface area contributed by atoms with Crippen LogP contribution in [0.4, 0.5) is 0 Å². The van der Waals surface area contributed by atoms with E-state index in [-0.39, 0.29) is 45.4 Å². The lowest BCUT2D eigenvalue weighted by atomic mass is 9.70. The van der Waals surface area contributed by atoms with E-state index < -0.39 is 46.3 Å². The van der Waals surface area contributed by atoms with Crippen molar-refractivity contribution in [3.05, 3.63) is 39.8 Å². The number of ketones is 3. The maximum absolute atomic E-state index is 13.8. The van der Waals surface area contributed by atoms with Gasteiger partial charge in [0.2, 0.25) is 0 Å². The van der Waals surface area contributed by atoms with Crippen molar-refractivity contribution >= 4 is 23.3 Å². The molecule has 182 valence electrons. The fourth-order valence-corrected chi connectivity index (χ4v) is 4.52. The van der Waals surface area contributed by atoms with E-state index in [1.165, 1.54) is 34.8 Å². The molecule has 1 heterocycles.